The normalized spacial score (nSPS) is 31.1. The molecule has 0 unspecified atom stereocenters. The first kappa shape index (κ1) is 12.0. The molecule has 1 aliphatic heterocycles. The van der Waals surface area contributed by atoms with E-state index in [0.717, 1.165) is 7.40 Å². The molecule has 0 saturated carbocycles. The molecule has 0 aliphatic carbocycles. The number of aromatic nitrogens is 2. The molecule has 0 bridgehead atoms. The van der Waals surface area contributed by atoms with E-state index in [1.165, 1.54) is 0 Å². The number of aliphatic hydroxyl groups excluding tert-OH is 2. The number of hydrogen-bond donors (Lipinski definition) is 2. The van der Waals surface area contributed by atoms with Crippen LogP contribution < -0.4 is 0 Å². The summed E-state index contributed by atoms with van der Waals surface area (Å²) >= 11 is 4.33. The van der Waals surface area contributed by atoms with Gasteiger partial charge < -0.3 is 14.9 Å². The van der Waals surface area contributed by atoms with Gasteiger partial charge in [-0.2, -0.15) is 0 Å². The van der Waals surface area contributed by atoms with Gasteiger partial charge in [-0.15, -0.1) is 0 Å². The van der Waals surface area contributed by atoms with Crippen LogP contribution in [0, 0.1) is 7.40 Å². The van der Waals surface area contributed by atoms with Gasteiger partial charge in [0.2, 0.25) is 0 Å². The van der Waals surface area contributed by atoms with Crippen LogP contribution in [0.25, 0.3) is 0 Å². The standard InChI is InChI=1S/C8H10I2N2O3/c9-7-8(10)12(3-11-7)6-1-4(14)5(2-13)15-6/h3-6,13-14H,1-2H2/t4-,5+,6+/m0/s1. The number of hydrogen-bond acceptors (Lipinski definition) is 4. The van der Waals surface area contributed by atoms with E-state index in [4.69, 9.17) is 9.84 Å². The Bertz CT molecular complexity index is 358. The van der Waals surface area contributed by atoms with Crippen molar-refractivity contribution in [1.82, 2.24) is 9.55 Å². The van der Waals surface area contributed by atoms with E-state index in [-0.39, 0.29) is 12.8 Å². The highest BCUT2D eigenvalue weighted by atomic mass is 127. The average Bonchev–Trinajstić information content (AvgIpc) is 2.72. The summed E-state index contributed by atoms with van der Waals surface area (Å²) in [7, 11) is 0. The first-order chi connectivity index (χ1) is 7.13. The minimum Gasteiger partial charge on any atom is -0.394 e. The third kappa shape index (κ3) is 2.30. The lowest BCUT2D eigenvalue weighted by atomic mass is 10.2. The van der Waals surface area contributed by atoms with Crippen LogP contribution in [0.1, 0.15) is 12.6 Å². The van der Waals surface area contributed by atoms with Gasteiger partial charge in [0.05, 0.1) is 19.0 Å². The van der Waals surface area contributed by atoms with Gasteiger partial charge in [-0.05, 0) is 45.2 Å². The number of ether oxygens (including phenoxy) is 1. The van der Waals surface area contributed by atoms with E-state index in [0.29, 0.717) is 6.42 Å². The summed E-state index contributed by atoms with van der Waals surface area (Å²) in [5.74, 6) is 0. The van der Waals surface area contributed by atoms with Crippen LogP contribution in [0.5, 0.6) is 0 Å². The summed E-state index contributed by atoms with van der Waals surface area (Å²) in [4.78, 5) is 4.15. The van der Waals surface area contributed by atoms with Gasteiger partial charge in [-0.1, -0.05) is 0 Å². The van der Waals surface area contributed by atoms with E-state index < -0.39 is 12.2 Å². The van der Waals surface area contributed by atoms with Crippen LogP contribution in [0.15, 0.2) is 6.33 Å². The fourth-order valence-electron chi connectivity index (χ4n) is 1.57. The van der Waals surface area contributed by atoms with E-state index >= 15 is 0 Å². The Hall–Kier alpha value is 0.550. The van der Waals surface area contributed by atoms with Crippen LogP contribution in [-0.4, -0.2) is 38.6 Å². The third-order valence-corrected chi connectivity index (χ3v) is 5.28. The second-order valence-corrected chi connectivity index (χ2v) is 5.39. The molecule has 1 aromatic heterocycles. The van der Waals surface area contributed by atoms with E-state index in [2.05, 4.69) is 50.2 Å². The summed E-state index contributed by atoms with van der Waals surface area (Å²) < 4.78 is 9.30. The second-order valence-electron chi connectivity index (χ2n) is 3.35. The Morgan fingerprint density at radius 1 is 1.60 bits per heavy atom. The van der Waals surface area contributed by atoms with Gasteiger partial charge >= 0.3 is 0 Å². The smallest absolute Gasteiger partial charge is 0.138 e. The van der Waals surface area contributed by atoms with Crippen LogP contribution in [0.4, 0.5) is 0 Å². The lowest BCUT2D eigenvalue weighted by molar-refractivity contribution is -0.0451. The van der Waals surface area contributed by atoms with Gasteiger partial charge in [0.15, 0.2) is 0 Å². The molecule has 1 aromatic rings. The Morgan fingerprint density at radius 2 is 2.33 bits per heavy atom. The maximum absolute atomic E-state index is 9.60. The van der Waals surface area contributed by atoms with Gasteiger partial charge in [0.25, 0.3) is 0 Å². The van der Waals surface area contributed by atoms with Crippen molar-refractivity contribution in [3.05, 3.63) is 13.7 Å². The van der Waals surface area contributed by atoms with Crippen LogP contribution in [-0.2, 0) is 4.74 Å². The molecule has 5 nitrogen and oxygen atoms in total. The van der Waals surface area contributed by atoms with Crippen molar-refractivity contribution in [1.29, 1.82) is 0 Å². The SMILES string of the molecule is OC[C@H]1O[C@@H](n2cnc(I)c2I)C[C@@H]1O. The summed E-state index contributed by atoms with van der Waals surface area (Å²) in [6, 6.07) is 0. The van der Waals surface area contributed by atoms with Gasteiger partial charge in [-0.3, -0.25) is 4.57 Å². The summed E-state index contributed by atoms with van der Waals surface area (Å²) in [5.41, 5.74) is 0. The molecule has 2 heterocycles. The second kappa shape index (κ2) is 4.82. The molecule has 0 amide bonds. The molecule has 84 valence electrons. The number of rotatable bonds is 2. The average molecular weight is 436 g/mol. The molecular weight excluding hydrogens is 426 g/mol. The van der Waals surface area contributed by atoms with E-state index in [1.54, 1.807) is 6.33 Å². The lowest BCUT2D eigenvalue weighted by Gasteiger charge is -2.13. The van der Waals surface area contributed by atoms with Crippen molar-refractivity contribution in [3.8, 4) is 0 Å². The molecule has 1 saturated heterocycles. The zero-order chi connectivity index (χ0) is 11.0. The fourth-order valence-corrected chi connectivity index (χ4v) is 2.55. The predicted octanol–water partition coefficient (Wildman–Crippen LogP) is 0.733. The molecule has 0 spiro atoms. The number of imidazole rings is 1. The van der Waals surface area contributed by atoms with Gasteiger partial charge in [0, 0.05) is 6.42 Å². The quantitative estimate of drug-likeness (QED) is 0.672. The molecule has 2 N–H and O–H groups in total. The molecule has 0 aromatic carbocycles. The highest BCUT2D eigenvalue weighted by Gasteiger charge is 2.35. The molecular formula is C8H10I2N2O3. The molecule has 3 atom stereocenters. The van der Waals surface area contributed by atoms with Crippen LogP contribution >= 0.6 is 45.2 Å². The molecule has 1 fully saturated rings. The zero-order valence-corrected chi connectivity index (χ0v) is 12.0. The molecule has 7 heteroatoms. The topological polar surface area (TPSA) is 67.5 Å². The minimum absolute atomic E-state index is 0.153. The van der Waals surface area contributed by atoms with Crippen molar-refractivity contribution in [2.75, 3.05) is 6.61 Å². The summed E-state index contributed by atoms with van der Waals surface area (Å²) in [6.07, 6.45) is 0.885. The van der Waals surface area contributed by atoms with E-state index in [1.807, 2.05) is 4.57 Å². The summed E-state index contributed by atoms with van der Waals surface area (Å²) in [6.45, 7) is -0.153. The lowest BCUT2D eigenvalue weighted by Crippen LogP contribution is -2.24. The maximum atomic E-state index is 9.60. The first-order valence-electron chi connectivity index (χ1n) is 4.45. The Labute approximate surface area is 114 Å². The van der Waals surface area contributed by atoms with Crippen molar-refractivity contribution in [2.45, 2.75) is 24.9 Å². The zero-order valence-electron chi connectivity index (χ0n) is 7.68. The van der Waals surface area contributed by atoms with Crippen LogP contribution in [0.3, 0.4) is 0 Å². The summed E-state index contributed by atoms with van der Waals surface area (Å²) in [5, 5.41) is 18.6. The van der Waals surface area contributed by atoms with Crippen LogP contribution in [0.2, 0.25) is 0 Å². The fraction of sp³-hybridized carbons (Fsp3) is 0.625. The van der Waals surface area contributed by atoms with Crippen molar-refractivity contribution in [2.24, 2.45) is 0 Å². The molecule has 0 radical (unpaired) electrons. The molecule has 15 heavy (non-hydrogen) atoms. The maximum Gasteiger partial charge on any atom is 0.138 e. The number of halogens is 2. The third-order valence-electron chi connectivity index (χ3n) is 2.39. The molecule has 1 aliphatic rings. The van der Waals surface area contributed by atoms with Gasteiger partial charge in [0.1, 0.15) is 19.7 Å². The highest BCUT2D eigenvalue weighted by molar-refractivity contribution is 14.1. The predicted molar refractivity (Wildman–Crippen MR) is 69.3 cm³/mol. The molecule has 2 rings (SSSR count). The first-order valence-corrected chi connectivity index (χ1v) is 6.61. The minimum atomic E-state index is -0.601. The number of aliphatic hydroxyl groups is 2. The van der Waals surface area contributed by atoms with Crippen molar-refractivity contribution in [3.63, 3.8) is 0 Å². The Morgan fingerprint density at radius 3 is 2.80 bits per heavy atom. The van der Waals surface area contributed by atoms with E-state index in [9.17, 15) is 5.11 Å². The Kier molecular flexibility index (Phi) is 3.86. The Balaban J connectivity index is 2.17. The van der Waals surface area contributed by atoms with Crippen molar-refractivity contribution < 1.29 is 14.9 Å². The largest absolute Gasteiger partial charge is 0.394 e. The highest BCUT2D eigenvalue weighted by Crippen LogP contribution is 2.30. The number of nitrogens with zero attached hydrogens (tertiary/aromatic N) is 2. The van der Waals surface area contributed by atoms with Crippen molar-refractivity contribution >= 4 is 45.2 Å². The van der Waals surface area contributed by atoms with Gasteiger partial charge in [-0.25, -0.2) is 4.98 Å². The monoisotopic (exact) mass is 436 g/mol.